The minimum atomic E-state index is 0.0625. The van der Waals surface area contributed by atoms with Crippen molar-refractivity contribution in [3.63, 3.8) is 0 Å². The molecule has 4 heteroatoms. The van der Waals surface area contributed by atoms with Crippen molar-refractivity contribution in [3.05, 3.63) is 24.3 Å². The van der Waals surface area contributed by atoms with E-state index in [1.807, 2.05) is 24.3 Å². The number of nitrogens with two attached hydrogens (primary N) is 1. The van der Waals surface area contributed by atoms with Crippen molar-refractivity contribution in [2.24, 2.45) is 0 Å². The van der Waals surface area contributed by atoms with Crippen LogP contribution in [0.15, 0.2) is 24.3 Å². The van der Waals surface area contributed by atoms with Crippen molar-refractivity contribution >= 4 is 11.4 Å². The van der Waals surface area contributed by atoms with E-state index in [1.165, 1.54) is 0 Å². The van der Waals surface area contributed by atoms with Gasteiger partial charge >= 0.3 is 0 Å². The fourth-order valence-corrected chi connectivity index (χ4v) is 1.23. The minimum absolute atomic E-state index is 0.0625. The molecule has 15 heavy (non-hydrogen) atoms. The van der Waals surface area contributed by atoms with Gasteiger partial charge < -0.3 is 20.5 Å². The van der Waals surface area contributed by atoms with Crippen LogP contribution in [0.5, 0.6) is 0 Å². The highest BCUT2D eigenvalue weighted by Crippen LogP contribution is 2.10. The number of hydrogen-bond donors (Lipinski definition) is 2. The Hall–Kier alpha value is -1.26. The Morgan fingerprint density at radius 1 is 1.27 bits per heavy atom. The summed E-state index contributed by atoms with van der Waals surface area (Å²) < 4.78 is 10.2. The van der Waals surface area contributed by atoms with Crippen LogP contribution in [-0.4, -0.2) is 33.5 Å². The molecule has 0 amide bonds. The molecular formula is C11H18N2O2. The Morgan fingerprint density at radius 3 is 2.47 bits per heavy atom. The zero-order chi connectivity index (χ0) is 11.1. The van der Waals surface area contributed by atoms with Gasteiger partial charge in [-0.3, -0.25) is 0 Å². The monoisotopic (exact) mass is 210 g/mol. The first-order valence-corrected chi connectivity index (χ1v) is 4.87. The highest BCUT2D eigenvalue weighted by molar-refractivity contribution is 5.51. The first-order valence-electron chi connectivity index (χ1n) is 4.87. The first-order chi connectivity index (χ1) is 7.26. The number of nitrogens with one attached hydrogen (secondary N) is 1. The van der Waals surface area contributed by atoms with Gasteiger partial charge in [-0.05, 0) is 24.3 Å². The Morgan fingerprint density at radius 2 is 1.93 bits per heavy atom. The topological polar surface area (TPSA) is 56.5 Å². The van der Waals surface area contributed by atoms with E-state index >= 15 is 0 Å². The van der Waals surface area contributed by atoms with Gasteiger partial charge in [0, 0.05) is 32.1 Å². The van der Waals surface area contributed by atoms with E-state index in [9.17, 15) is 0 Å². The van der Waals surface area contributed by atoms with Crippen LogP contribution < -0.4 is 11.1 Å². The highest BCUT2D eigenvalue weighted by atomic mass is 16.5. The third kappa shape index (κ3) is 4.18. The van der Waals surface area contributed by atoms with E-state index in [0.717, 1.165) is 11.4 Å². The van der Waals surface area contributed by atoms with E-state index in [4.69, 9.17) is 15.2 Å². The van der Waals surface area contributed by atoms with Gasteiger partial charge in [-0.2, -0.15) is 0 Å². The van der Waals surface area contributed by atoms with Crippen LogP contribution in [0, 0.1) is 0 Å². The van der Waals surface area contributed by atoms with Gasteiger partial charge in [0.15, 0.2) is 0 Å². The average molecular weight is 210 g/mol. The van der Waals surface area contributed by atoms with Crippen molar-refractivity contribution in [1.29, 1.82) is 0 Å². The first kappa shape index (κ1) is 11.8. The lowest BCUT2D eigenvalue weighted by Gasteiger charge is -2.15. The third-order valence-electron chi connectivity index (χ3n) is 2.13. The number of anilines is 2. The molecule has 3 N–H and O–H groups in total. The third-order valence-corrected chi connectivity index (χ3v) is 2.13. The molecule has 0 spiro atoms. The molecule has 0 fully saturated rings. The van der Waals surface area contributed by atoms with Gasteiger partial charge in [0.1, 0.15) is 0 Å². The van der Waals surface area contributed by atoms with E-state index in [-0.39, 0.29) is 6.10 Å². The van der Waals surface area contributed by atoms with E-state index in [0.29, 0.717) is 13.2 Å². The summed E-state index contributed by atoms with van der Waals surface area (Å²) in [5.41, 5.74) is 7.38. The summed E-state index contributed by atoms with van der Waals surface area (Å²) in [5.74, 6) is 0. The maximum atomic E-state index is 5.58. The van der Waals surface area contributed by atoms with Gasteiger partial charge in [0.2, 0.25) is 0 Å². The van der Waals surface area contributed by atoms with Crippen molar-refractivity contribution < 1.29 is 9.47 Å². The molecule has 0 aliphatic heterocycles. The molecule has 1 atom stereocenters. The smallest absolute Gasteiger partial charge is 0.0976 e. The predicted octanol–water partition coefficient (Wildman–Crippen LogP) is 1.34. The summed E-state index contributed by atoms with van der Waals surface area (Å²) in [7, 11) is 3.34. The summed E-state index contributed by atoms with van der Waals surface area (Å²) in [6, 6.07) is 7.60. The number of hydrogen-bond acceptors (Lipinski definition) is 4. The van der Waals surface area contributed by atoms with Crippen LogP contribution in [0.2, 0.25) is 0 Å². The summed E-state index contributed by atoms with van der Waals surface area (Å²) in [4.78, 5) is 0. The quantitative estimate of drug-likeness (QED) is 0.696. The zero-order valence-corrected chi connectivity index (χ0v) is 9.19. The fourth-order valence-electron chi connectivity index (χ4n) is 1.23. The van der Waals surface area contributed by atoms with Crippen LogP contribution in [-0.2, 0) is 9.47 Å². The maximum absolute atomic E-state index is 5.58. The van der Waals surface area contributed by atoms with Crippen LogP contribution in [0.4, 0.5) is 11.4 Å². The fraction of sp³-hybridized carbons (Fsp3) is 0.455. The normalized spacial score (nSPS) is 12.4. The van der Waals surface area contributed by atoms with Crippen LogP contribution in [0.1, 0.15) is 0 Å². The molecule has 0 bridgehead atoms. The van der Waals surface area contributed by atoms with Crippen molar-refractivity contribution in [2.45, 2.75) is 6.10 Å². The molecule has 1 aromatic rings. The molecule has 1 aromatic carbocycles. The Kier molecular flexibility index (Phi) is 4.93. The molecule has 0 aromatic heterocycles. The molecule has 1 rings (SSSR count). The van der Waals surface area contributed by atoms with Crippen molar-refractivity contribution in [3.8, 4) is 0 Å². The molecule has 4 nitrogen and oxygen atoms in total. The molecule has 0 aliphatic carbocycles. The lowest BCUT2D eigenvalue weighted by atomic mass is 10.2. The molecule has 84 valence electrons. The largest absolute Gasteiger partial charge is 0.399 e. The van der Waals surface area contributed by atoms with Crippen molar-refractivity contribution in [2.75, 3.05) is 38.4 Å². The summed E-state index contributed by atoms with van der Waals surface area (Å²) in [5, 5.41) is 3.25. The standard InChI is InChI=1S/C11H18N2O2/c1-14-8-11(15-2)7-13-10-5-3-9(12)4-6-10/h3-6,11,13H,7-8,12H2,1-2H3. The second-order valence-electron chi connectivity index (χ2n) is 3.32. The Bertz CT molecular complexity index is 274. The Labute approximate surface area is 90.4 Å². The predicted molar refractivity (Wildman–Crippen MR) is 62.0 cm³/mol. The van der Waals surface area contributed by atoms with E-state index < -0.39 is 0 Å². The van der Waals surface area contributed by atoms with E-state index in [1.54, 1.807) is 14.2 Å². The number of ether oxygens (including phenoxy) is 2. The lowest BCUT2D eigenvalue weighted by Crippen LogP contribution is -2.26. The Balaban J connectivity index is 2.38. The van der Waals surface area contributed by atoms with Crippen molar-refractivity contribution in [1.82, 2.24) is 0 Å². The average Bonchev–Trinajstić information content (AvgIpc) is 2.26. The maximum Gasteiger partial charge on any atom is 0.0976 e. The molecule has 0 aliphatic rings. The summed E-state index contributed by atoms with van der Waals surface area (Å²) in [6.07, 6.45) is 0.0625. The van der Waals surface area contributed by atoms with Gasteiger partial charge in [0.25, 0.3) is 0 Å². The van der Waals surface area contributed by atoms with Crippen LogP contribution >= 0.6 is 0 Å². The SMILES string of the molecule is COCC(CNc1ccc(N)cc1)OC. The number of methoxy groups -OCH3 is 2. The van der Waals surface area contributed by atoms with Gasteiger partial charge in [-0.1, -0.05) is 0 Å². The molecule has 0 saturated carbocycles. The number of nitrogen functional groups attached to an aromatic ring is 1. The molecule has 1 unspecified atom stereocenters. The van der Waals surface area contributed by atoms with Crippen LogP contribution in [0.3, 0.4) is 0 Å². The molecule has 0 saturated heterocycles. The molecule has 0 heterocycles. The van der Waals surface area contributed by atoms with Gasteiger partial charge in [0.05, 0.1) is 12.7 Å². The lowest BCUT2D eigenvalue weighted by molar-refractivity contribution is 0.0365. The summed E-state index contributed by atoms with van der Waals surface area (Å²) in [6.45, 7) is 1.30. The van der Waals surface area contributed by atoms with Crippen LogP contribution in [0.25, 0.3) is 0 Å². The molecule has 0 radical (unpaired) electrons. The summed E-state index contributed by atoms with van der Waals surface area (Å²) >= 11 is 0. The second kappa shape index (κ2) is 6.27. The molecular weight excluding hydrogens is 192 g/mol. The second-order valence-corrected chi connectivity index (χ2v) is 3.32. The highest BCUT2D eigenvalue weighted by Gasteiger charge is 2.05. The minimum Gasteiger partial charge on any atom is -0.399 e. The zero-order valence-electron chi connectivity index (χ0n) is 9.19. The number of benzene rings is 1. The van der Waals surface area contributed by atoms with E-state index in [2.05, 4.69) is 5.32 Å². The number of rotatable bonds is 6. The van der Waals surface area contributed by atoms with Gasteiger partial charge in [-0.15, -0.1) is 0 Å². The van der Waals surface area contributed by atoms with Gasteiger partial charge in [-0.25, -0.2) is 0 Å².